The summed E-state index contributed by atoms with van der Waals surface area (Å²) in [6.07, 6.45) is 3.63. The first-order valence-corrected chi connectivity index (χ1v) is 13.2. The summed E-state index contributed by atoms with van der Waals surface area (Å²) in [7, 11) is -3.95. The predicted molar refractivity (Wildman–Crippen MR) is 138 cm³/mol. The Balaban J connectivity index is 1.41. The molecule has 0 atom stereocenters. The largest absolute Gasteiger partial charge is 0.445 e. The van der Waals surface area contributed by atoms with Gasteiger partial charge in [-0.25, -0.2) is 18.2 Å². The number of hydrogen-bond acceptors (Lipinski definition) is 6. The fourth-order valence-corrected chi connectivity index (χ4v) is 6.33. The summed E-state index contributed by atoms with van der Waals surface area (Å²) in [5, 5.41) is 0.624. The molecule has 36 heavy (non-hydrogen) atoms. The maximum absolute atomic E-state index is 14.0. The number of nitrogens with two attached hydrogens (primary N) is 1. The molecule has 0 unspecified atom stereocenters. The second-order valence-electron chi connectivity index (χ2n) is 8.67. The highest BCUT2D eigenvalue weighted by atomic mass is 32.2. The zero-order chi connectivity index (χ0) is 25.1. The summed E-state index contributed by atoms with van der Waals surface area (Å²) in [6.45, 7) is 0.911. The van der Waals surface area contributed by atoms with Gasteiger partial charge < -0.3 is 20.4 Å². The average Bonchev–Trinajstić information content (AvgIpc) is 3.39. The molecule has 9 nitrogen and oxygen atoms in total. The number of ether oxygens (including phenoxy) is 1. The Morgan fingerprint density at radius 3 is 2.42 bits per heavy atom. The van der Waals surface area contributed by atoms with E-state index in [0.717, 1.165) is 5.56 Å². The zero-order valence-electron chi connectivity index (χ0n) is 19.6. The first-order chi connectivity index (χ1) is 17.4. The van der Waals surface area contributed by atoms with E-state index < -0.39 is 22.2 Å². The molecule has 1 saturated heterocycles. The number of fused-ring (bicyclic) bond motifs is 1. The molecule has 2 aromatic carbocycles. The Morgan fingerprint density at radius 2 is 1.72 bits per heavy atom. The number of benzene rings is 2. The number of nitrogen functional groups attached to an aromatic ring is 1. The Morgan fingerprint density at radius 1 is 1.06 bits per heavy atom. The summed E-state index contributed by atoms with van der Waals surface area (Å²) < 4.78 is 34.8. The first-order valence-electron chi connectivity index (χ1n) is 11.7. The van der Waals surface area contributed by atoms with Gasteiger partial charge in [-0.05, 0) is 36.6 Å². The standard InChI is InChI=1S/C26H27N5O4S/c27-23-17-29-25-22(11-14-28-25)24(23)31(36(33,34)21-9-5-2-6-10-21)20-12-15-30(16-13-20)26(32)35-18-19-7-3-1-4-8-19/h1-11,14,17,20H,12-13,15-16,18,27H2,(H,28,29). The fraction of sp³-hybridized carbons (Fsp3) is 0.231. The summed E-state index contributed by atoms with van der Waals surface area (Å²) in [6, 6.07) is 19.2. The zero-order valence-corrected chi connectivity index (χ0v) is 20.4. The third-order valence-corrected chi connectivity index (χ3v) is 8.23. The maximum Gasteiger partial charge on any atom is 0.410 e. The molecule has 1 amide bonds. The summed E-state index contributed by atoms with van der Waals surface area (Å²) in [4.78, 5) is 21.8. The van der Waals surface area contributed by atoms with E-state index in [1.807, 2.05) is 30.3 Å². The van der Waals surface area contributed by atoms with Gasteiger partial charge in [0.1, 0.15) is 12.3 Å². The van der Waals surface area contributed by atoms with Crippen LogP contribution >= 0.6 is 0 Å². The minimum absolute atomic E-state index is 0.176. The number of nitrogens with zero attached hydrogens (tertiary/aromatic N) is 3. The van der Waals surface area contributed by atoms with E-state index in [-0.39, 0.29) is 17.2 Å². The lowest BCUT2D eigenvalue weighted by atomic mass is 10.0. The van der Waals surface area contributed by atoms with Crippen molar-refractivity contribution in [1.82, 2.24) is 14.9 Å². The van der Waals surface area contributed by atoms with Gasteiger partial charge >= 0.3 is 6.09 Å². The number of hydrogen-bond donors (Lipinski definition) is 2. The predicted octanol–water partition coefficient (Wildman–Crippen LogP) is 4.14. The number of rotatable bonds is 6. The van der Waals surface area contributed by atoms with Gasteiger partial charge in [-0.1, -0.05) is 48.5 Å². The molecule has 5 rings (SSSR count). The second-order valence-corrected chi connectivity index (χ2v) is 10.5. The van der Waals surface area contributed by atoms with Crippen LogP contribution in [-0.2, 0) is 21.4 Å². The highest BCUT2D eigenvalue weighted by molar-refractivity contribution is 7.93. The van der Waals surface area contributed by atoms with Crippen LogP contribution in [0.15, 0.2) is 84.0 Å². The molecular formula is C26H27N5O4S. The van der Waals surface area contributed by atoms with Crippen molar-refractivity contribution < 1.29 is 17.9 Å². The van der Waals surface area contributed by atoms with E-state index in [1.54, 1.807) is 47.5 Å². The van der Waals surface area contributed by atoms with Crippen LogP contribution in [0.5, 0.6) is 0 Å². The Bertz CT molecular complexity index is 1450. The van der Waals surface area contributed by atoms with Gasteiger partial charge in [-0.3, -0.25) is 4.31 Å². The lowest BCUT2D eigenvalue weighted by Gasteiger charge is -2.39. The third kappa shape index (κ3) is 4.59. The number of likely N-dealkylation sites (tertiary alicyclic amines) is 1. The number of aromatic nitrogens is 2. The minimum Gasteiger partial charge on any atom is -0.445 e. The van der Waals surface area contributed by atoms with Gasteiger partial charge in [-0.2, -0.15) is 0 Å². The SMILES string of the molecule is Nc1cnc2[nH]ccc2c1N(C1CCN(C(=O)OCc2ccccc2)CC1)S(=O)(=O)c1ccccc1. The van der Waals surface area contributed by atoms with Crippen LogP contribution in [0.1, 0.15) is 18.4 Å². The van der Waals surface area contributed by atoms with Gasteiger partial charge in [0.15, 0.2) is 0 Å². The number of nitrogens with one attached hydrogen (secondary N) is 1. The molecule has 3 heterocycles. The van der Waals surface area contributed by atoms with Crippen LogP contribution in [-0.4, -0.2) is 48.5 Å². The number of piperidine rings is 1. The Labute approximate surface area is 209 Å². The van der Waals surface area contributed by atoms with Gasteiger partial charge in [0.05, 0.1) is 22.5 Å². The van der Waals surface area contributed by atoms with E-state index in [0.29, 0.717) is 42.7 Å². The molecule has 4 aromatic rings. The topological polar surface area (TPSA) is 122 Å². The molecule has 1 aliphatic rings. The number of aromatic amines is 1. The van der Waals surface area contributed by atoms with Crippen molar-refractivity contribution in [1.29, 1.82) is 0 Å². The van der Waals surface area contributed by atoms with Crippen molar-refractivity contribution in [2.45, 2.75) is 30.4 Å². The number of carbonyl (C=O) groups is 1. The van der Waals surface area contributed by atoms with Crippen molar-refractivity contribution in [2.75, 3.05) is 23.1 Å². The molecule has 1 aliphatic heterocycles. The fourth-order valence-electron chi connectivity index (χ4n) is 4.55. The molecule has 0 aliphatic carbocycles. The molecular weight excluding hydrogens is 478 g/mol. The van der Waals surface area contributed by atoms with Gasteiger partial charge in [0.25, 0.3) is 10.0 Å². The highest BCUT2D eigenvalue weighted by Gasteiger charge is 2.37. The van der Waals surface area contributed by atoms with Crippen LogP contribution in [0.2, 0.25) is 0 Å². The van der Waals surface area contributed by atoms with Gasteiger partial charge in [0.2, 0.25) is 0 Å². The second kappa shape index (κ2) is 9.90. The van der Waals surface area contributed by atoms with Crippen LogP contribution in [0, 0.1) is 0 Å². The van der Waals surface area contributed by atoms with E-state index >= 15 is 0 Å². The number of anilines is 2. The van der Waals surface area contributed by atoms with Crippen molar-refractivity contribution >= 4 is 38.5 Å². The van der Waals surface area contributed by atoms with Crippen LogP contribution in [0.4, 0.5) is 16.2 Å². The quantitative estimate of drug-likeness (QED) is 0.406. The number of H-pyrrole nitrogens is 1. The van der Waals surface area contributed by atoms with E-state index in [1.165, 1.54) is 10.5 Å². The Kier molecular flexibility index (Phi) is 6.51. The van der Waals surface area contributed by atoms with Crippen molar-refractivity contribution in [3.63, 3.8) is 0 Å². The third-order valence-electron chi connectivity index (χ3n) is 6.37. The van der Waals surface area contributed by atoms with E-state index in [9.17, 15) is 13.2 Å². The van der Waals surface area contributed by atoms with Crippen molar-refractivity contribution in [2.24, 2.45) is 0 Å². The lowest BCUT2D eigenvalue weighted by Crippen LogP contribution is -2.49. The van der Waals surface area contributed by atoms with E-state index in [2.05, 4.69) is 9.97 Å². The summed E-state index contributed by atoms with van der Waals surface area (Å²) >= 11 is 0. The van der Waals surface area contributed by atoms with Crippen molar-refractivity contribution in [3.8, 4) is 0 Å². The van der Waals surface area contributed by atoms with Crippen LogP contribution < -0.4 is 10.0 Å². The molecule has 0 spiro atoms. The lowest BCUT2D eigenvalue weighted by molar-refractivity contribution is 0.0876. The minimum atomic E-state index is -3.95. The summed E-state index contributed by atoms with van der Waals surface area (Å²) in [5.41, 5.74) is 8.46. The number of carbonyl (C=O) groups excluding carboxylic acids is 1. The molecule has 0 bridgehead atoms. The van der Waals surface area contributed by atoms with Crippen LogP contribution in [0.3, 0.4) is 0 Å². The molecule has 2 aromatic heterocycles. The highest BCUT2D eigenvalue weighted by Crippen LogP contribution is 2.38. The number of amides is 1. The van der Waals surface area contributed by atoms with Crippen LogP contribution in [0.25, 0.3) is 11.0 Å². The van der Waals surface area contributed by atoms with E-state index in [4.69, 9.17) is 10.5 Å². The van der Waals surface area contributed by atoms with Crippen molar-refractivity contribution in [3.05, 3.63) is 84.7 Å². The number of sulfonamides is 1. The average molecular weight is 506 g/mol. The monoisotopic (exact) mass is 505 g/mol. The van der Waals surface area contributed by atoms with Gasteiger partial charge in [-0.15, -0.1) is 0 Å². The molecule has 1 fully saturated rings. The first kappa shape index (κ1) is 23.7. The maximum atomic E-state index is 14.0. The molecule has 10 heteroatoms. The smallest absolute Gasteiger partial charge is 0.410 e. The normalized spacial score (nSPS) is 14.6. The number of pyridine rings is 1. The van der Waals surface area contributed by atoms with Gasteiger partial charge in [0, 0.05) is 30.7 Å². The molecule has 3 N–H and O–H groups in total. The summed E-state index contributed by atoms with van der Waals surface area (Å²) in [5.74, 6) is 0. The molecule has 0 saturated carbocycles. The molecule has 0 radical (unpaired) electrons. The Hall–Kier alpha value is -4.05. The molecule has 186 valence electrons.